The summed E-state index contributed by atoms with van der Waals surface area (Å²) in [5, 5.41) is 25.7. The number of carbonyl (C=O) groups excluding carboxylic acids is 3. The normalized spacial score (nSPS) is 19.2. The third kappa shape index (κ3) is 6.24. The predicted molar refractivity (Wildman–Crippen MR) is 144 cm³/mol. The SMILES string of the molecule is CC(=O)N/C=C/SC1=C(C(=O)OCc2ccc([N+](=O)[O-])cc2)N2C(=O)[C@@H]([C@@H](O)CS(=O)(=O)c3ccccc3)[C@H]2C1. The Morgan fingerprint density at radius 3 is 2.52 bits per heavy atom. The number of β-lactam (4-membered cyclic amide) rings is 1. The molecule has 210 valence electrons. The number of nitro groups is 1. The molecular formula is C26H25N3O9S2. The number of aliphatic hydroxyl groups is 1. The maximum atomic E-state index is 13.1. The molecule has 12 nitrogen and oxygen atoms in total. The second-order valence-electron chi connectivity index (χ2n) is 9.06. The number of nitrogens with zero attached hydrogens (tertiary/aromatic N) is 2. The van der Waals surface area contributed by atoms with Crippen LogP contribution in [0.5, 0.6) is 0 Å². The average Bonchev–Trinajstić information content (AvgIpc) is 3.24. The molecule has 14 heteroatoms. The van der Waals surface area contributed by atoms with Crippen molar-refractivity contribution < 1.29 is 37.6 Å². The fraction of sp³-hybridized carbons (Fsp3) is 0.269. The van der Waals surface area contributed by atoms with E-state index in [1.165, 1.54) is 59.8 Å². The van der Waals surface area contributed by atoms with Gasteiger partial charge in [-0.3, -0.25) is 19.7 Å². The molecular weight excluding hydrogens is 562 g/mol. The van der Waals surface area contributed by atoms with Crippen LogP contribution in [0.15, 0.2) is 81.7 Å². The van der Waals surface area contributed by atoms with Crippen LogP contribution >= 0.6 is 11.8 Å². The van der Waals surface area contributed by atoms with Gasteiger partial charge >= 0.3 is 5.97 Å². The van der Waals surface area contributed by atoms with Crippen LogP contribution in [0.25, 0.3) is 0 Å². The number of aliphatic hydroxyl groups excluding tert-OH is 1. The number of nitro benzene ring substituents is 1. The third-order valence-electron chi connectivity index (χ3n) is 6.35. The molecule has 2 N–H and O–H groups in total. The first kappa shape index (κ1) is 29.0. The number of nitrogens with one attached hydrogen (secondary N) is 1. The molecule has 2 aliphatic rings. The van der Waals surface area contributed by atoms with Gasteiger partial charge in [-0.05, 0) is 35.2 Å². The molecule has 40 heavy (non-hydrogen) atoms. The summed E-state index contributed by atoms with van der Waals surface area (Å²) < 4.78 is 30.9. The minimum absolute atomic E-state index is 0.0251. The van der Waals surface area contributed by atoms with Gasteiger partial charge in [0.05, 0.1) is 33.6 Å². The number of esters is 1. The van der Waals surface area contributed by atoms with E-state index in [9.17, 15) is 38.0 Å². The van der Waals surface area contributed by atoms with Crippen LogP contribution in [-0.2, 0) is 35.6 Å². The fourth-order valence-electron chi connectivity index (χ4n) is 4.47. The maximum Gasteiger partial charge on any atom is 0.356 e. The number of carbonyl (C=O) groups is 3. The van der Waals surface area contributed by atoms with Crippen molar-refractivity contribution in [2.45, 2.75) is 37.0 Å². The number of hydrogen-bond donors (Lipinski definition) is 2. The summed E-state index contributed by atoms with van der Waals surface area (Å²) in [6, 6.07) is 12.4. The summed E-state index contributed by atoms with van der Waals surface area (Å²) in [6.45, 7) is 1.11. The lowest BCUT2D eigenvalue weighted by Gasteiger charge is -2.45. The third-order valence-corrected chi connectivity index (χ3v) is 9.04. The largest absolute Gasteiger partial charge is 0.456 e. The van der Waals surface area contributed by atoms with E-state index in [0.717, 1.165) is 11.8 Å². The number of ether oxygens (including phenoxy) is 1. The van der Waals surface area contributed by atoms with Crippen LogP contribution < -0.4 is 5.32 Å². The highest BCUT2D eigenvalue weighted by Gasteiger charge is 2.58. The van der Waals surface area contributed by atoms with Crippen LogP contribution in [-0.4, -0.2) is 59.0 Å². The molecule has 1 saturated heterocycles. The summed E-state index contributed by atoms with van der Waals surface area (Å²) in [5.74, 6) is -3.45. The minimum Gasteiger partial charge on any atom is -0.456 e. The smallest absolute Gasteiger partial charge is 0.356 e. The van der Waals surface area contributed by atoms with Gasteiger partial charge in [0.2, 0.25) is 11.8 Å². The molecule has 0 radical (unpaired) electrons. The number of rotatable bonds is 11. The van der Waals surface area contributed by atoms with Gasteiger partial charge in [0.25, 0.3) is 5.69 Å². The number of amides is 2. The van der Waals surface area contributed by atoms with Crippen molar-refractivity contribution in [2.75, 3.05) is 5.75 Å². The molecule has 2 heterocycles. The molecule has 0 aliphatic carbocycles. The van der Waals surface area contributed by atoms with Crippen molar-refractivity contribution in [3.05, 3.63) is 92.5 Å². The first-order valence-corrected chi connectivity index (χ1v) is 14.5. The summed E-state index contributed by atoms with van der Waals surface area (Å²) in [4.78, 5) is 49.4. The average molecular weight is 588 g/mol. The molecule has 3 atom stereocenters. The Hall–Kier alpha value is -4.01. The van der Waals surface area contributed by atoms with E-state index in [4.69, 9.17) is 4.74 Å². The molecule has 0 unspecified atom stereocenters. The molecule has 2 amide bonds. The van der Waals surface area contributed by atoms with E-state index in [2.05, 4.69) is 5.32 Å². The predicted octanol–water partition coefficient (Wildman–Crippen LogP) is 2.26. The molecule has 2 aromatic rings. The van der Waals surface area contributed by atoms with Crippen molar-refractivity contribution in [2.24, 2.45) is 5.92 Å². The van der Waals surface area contributed by atoms with Crippen molar-refractivity contribution in [3.63, 3.8) is 0 Å². The standard InChI is InChI=1S/C26H25N3O9S2/c1-16(30)27-11-12-39-22-13-20-23(21(31)15-40(36,37)19-5-3-2-4-6-19)25(32)28(20)24(22)26(33)38-14-17-7-9-18(10-8-17)29(34)35/h2-12,20-21,23,31H,13-15H2,1H3,(H,27,30)/b12-11+/t20-,21+,23-/m1/s1. The Morgan fingerprint density at radius 2 is 1.90 bits per heavy atom. The van der Waals surface area contributed by atoms with Gasteiger partial charge in [-0.1, -0.05) is 30.0 Å². The Labute approximate surface area is 233 Å². The summed E-state index contributed by atoms with van der Waals surface area (Å²) in [6.07, 6.45) is 0.0295. The Bertz CT molecular complexity index is 1490. The van der Waals surface area contributed by atoms with Gasteiger partial charge in [-0.25, -0.2) is 13.2 Å². The van der Waals surface area contributed by atoms with E-state index in [1.54, 1.807) is 18.2 Å². The fourth-order valence-corrected chi connectivity index (χ4v) is 6.75. The van der Waals surface area contributed by atoms with Gasteiger partial charge in [-0.2, -0.15) is 0 Å². The lowest BCUT2D eigenvalue weighted by Crippen LogP contribution is -2.63. The van der Waals surface area contributed by atoms with Gasteiger partial charge in [0.15, 0.2) is 9.84 Å². The zero-order valence-corrected chi connectivity index (χ0v) is 22.8. The number of non-ortho nitro benzene ring substituents is 1. The quantitative estimate of drug-likeness (QED) is 0.172. The Kier molecular flexibility index (Phi) is 8.71. The molecule has 1 fully saturated rings. The number of benzene rings is 2. The highest BCUT2D eigenvalue weighted by atomic mass is 32.2. The maximum absolute atomic E-state index is 13.1. The second kappa shape index (κ2) is 12.0. The minimum atomic E-state index is -3.87. The zero-order chi connectivity index (χ0) is 29.0. The highest BCUT2D eigenvalue weighted by molar-refractivity contribution is 8.05. The van der Waals surface area contributed by atoms with Crippen LogP contribution in [0, 0.1) is 16.0 Å². The highest BCUT2D eigenvalue weighted by Crippen LogP contribution is 2.48. The first-order chi connectivity index (χ1) is 19.0. The van der Waals surface area contributed by atoms with Crippen LogP contribution in [0.1, 0.15) is 18.9 Å². The van der Waals surface area contributed by atoms with Gasteiger partial charge < -0.3 is 20.1 Å². The van der Waals surface area contributed by atoms with E-state index in [-0.39, 0.29) is 35.2 Å². The van der Waals surface area contributed by atoms with E-state index in [0.29, 0.717) is 10.5 Å². The van der Waals surface area contributed by atoms with Crippen LogP contribution in [0.4, 0.5) is 5.69 Å². The first-order valence-electron chi connectivity index (χ1n) is 12.0. The number of sulfone groups is 1. The topological polar surface area (TPSA) is 173 Å². The molecule has 0 saturated carbocycles. The van der Waals surface area contributed by atoms with Gasteiger partial charge in [-0.15, -0.1) is 0 Å². The molecule has 0 spiro atoms. The van der Waals surface area contributed by atoms with Crippen molar-refractivity contribution >= 4 is 45.1 Å². The molecule has 4 rings (SSSR count). The lowest BCUT2D eigenvalue weighted by molar-refractivity contribution is -0.384. The lowest BCUT2D eigenvalue weighted by atomic mass is 9.83. The van der Waals surface area contributed by atoms with E-state index < -0.39 is 50.5 Å². The Morgan fingerprint density at radius 1 is 1.23 bits per heavy atom. The molecule has 0 bridgehead atoms. The van der Waals surface area contributed by atoms with E-state index in [1.807, 2.05) is 0 Å². The van der Waals surface area contributed by atoms with Crippen molar-refractivity contribution in [1.82, 2.24) is 10.2 Å². The Balaban J connectivity index is 1.50. The second-order valence-corrected chi connectivity index (χ2v) is 12.1. The number of fused-ring (bicyclic) bond motifs is 1. The van der Waals surface area contributed by atoms with E-state index >= 15 is 0 Å². The summed E-state index contributed by atoms with van der Waals surface area (Å²) >= 11 is 1.08. The van der Waals surface area contributed by atoms with Crippen LogP contribution in [0.3, 0.4) is 0 Å². The molecule has 2 aromatic carbocycles. The van der Waals surface area contributed by atoms with Crippen LogP contribution in [0.2, 0.25) is 0 Å². The van der Waals surface area contributed by atoms with Crippen molar-refractivity contribution in [1.29, 1.82) is 0 Å². The summed E-state index contributed by atoms with van der Waals surface area (Å²) in [7, 11) is -3.87. The molecule has 2 aliphatic heterocycles. The monoisotopic (exact) mass is 587 g/mol. The number of thioether (sulfide) groups is 1. The molecule has 0 aromatic heterocycles. The van der Waals surface area contributed by atoms with Gasteiger partial charge in [0.1, 0.15) is 12.3 Å². The summed E-state index contributed by atoms with van der Waals surface area (Å²) in [5.41, 5.74) is 0.332. The van der Waals surface area contributed by atoms with Crippen molar-refractivity contribution in [3.8, 4) is 0 Å². The number of hydrogen-bond acceptors (Lipinski definition) is 10. The zero-order valence-electron chi connectivity index (χ0n) is 21.1. The van der Waals surface area contributed by atoms with Gasteiger partial charge in [0, 0.05) is 36.6 Å².